The molecule has 20 heavy (non-hydrogen) atoms. The van der Waals surface area contributed by atoms with Crippen molar-refractivity contribution in [2.24, 2.45) is 0 Å². The summed E-state index contributed by atoms with van der Waals surface area (Å²) in [5.41, 5.74) is -0.273. The lowest BCUT2D eigenvalue weighted by Gasteiger charge is -2.32. The van der Waals surface area contributed by atoms with E-state index in [4.69, 9.17) is 32.5 Å². The first kappa shape index (κ1) is 15.8. The van der Waals surface area contributed by atoms with Crippen LogP contribution in [0.25, 0.3) is 5.47 Å². The molecule has 0 aromatic heterocycles. The maximum Gasteiger partial charge on any atom is 0.494 e. The summed E-state index contributed by atoms with van der Waals surface area (Å²) in [6.45, 7) is 11.6. The minimum absolute atomic E-state index is 0.0720. The van der Waals surface area contributed by atoms with Crippen LogP contribution in [0, 0.1) is 5.82 Å². The maximum absolute atomic E-state index is 13.6. The molecule has 0 bridgehead atoms. The fraction of sp³-hybridized carbons (Fsp3) is 0.429. The van der Waals surface area contributed by atoms with E-state index >= 15 is 0 Å². The van der Waals surface area contributed by atoms with Crippen molar-refractivity contribution >= 4 is 35.8 Å². The number of rotatable bonds is 2. The average Bonchev–Trinajstić information content (AvgIpc) is 2.54. The Morgan fingerprint density at radius 3 is 2.15 bits per heavy atom. The van der Waals surface area contributed by atoms with Crippen molar-refractivity contribution in [1.29, 1.82) is 0 Å². The molecule has 0 saturated carbocycles. The summed E-state index contributed by atoms with van der Waals surface area (Å²) in [7, 11) is -0.711. The number of halogens is 3. The van der Waals surface area contributed by atoms with Crippen molar-refractivity contribution in [3.8, 4) is 0 Å². The van der Waals surface area contributed by atoms with E-state index in [1.807, 2.05) is 27.7 Å². The molecule has 0 N–H and O–H groups in total. The molecule has 108 valence electrons. The molecule has 2 nitrogen and oxygen atoms in total. The van der Waals surface area contributed by atoms with Crippen LogP contribution in [-0.2, 0) is 9.31 Å². The van der Waals surface area contributed by atoms with Crippen molar-refractivity contribution in [3.63, 3.8) is 0 Å². The van der Waals surface area contributed by atoms with Gasteiger partial charge in [-0.15, -0.1) is 0 Å². The molecule has 1 heterocycles. The first-order valence-electron chi connectivity index (χ1n) is 6.25. The van der Waals surface area contributed by atoms with E-state index in [9.17, 15) is 4.39 Å². The number of hydrogen-bond donors (Lipinski definition) is 0. The van der Waals surface area contributed by atoms with Crippen LogP contribution in [0.5, 0.6) is 0 Å². The predicted molar refractivity (Wildman–Crippen MR) is 81.5 cm³/mol. The molecule has 0 spiro atoms. The van der Waals surface area contributed by atoms with E-state index in [0.29, 0.717) is 16.1 Å². The van der Waals surface area contributed by atoms with Gasteiger partial charge in [0.15, 0.2) is 0 Å². The zero-order valence-electron chi connectivity index (χ0n) is 11.9. The van der Waals surface area contributed by atoms with Crippen molar-refractivity contribution in [2.45, 2.75) is 38.9 Å². The van der Waals surface area contributed by atoms with Crippen molar-refractivity contribution < 1.29 is 13.7 Å². The van der Waals surface area contributed by atoms with Crippen LogP contribution in [0.4, 0.5) is 4.39 Å². The van der Waals surface area contributed by atoms with Crippen molar-refractivity contribution in [2.75, 3.05) is 0 Å². The topological polar surface area (TPSA) is 18.5 Å². The number of benzene rings is 1. The van der Waals surface area contributed by atoms with E-state index in [0.717, 1.165) is 0 Å². The highest BCUT2D eigenvalue weighted by Gasteiger charge is 2.52. The molecule has 1 aliphatic heterocycles. The molecule has 0 aliphatic carbocycles. The molecule has 0 amide bonds. The standard InChI is InChI=1S/C14H16BCl2FO2/c1-8(11-9(16)6-7-10(18)12(11)17)15-19-13(2,3)14(4,5)20-15/h6-7H,1H2,2-5H3. The molecule has 1 aliphatic rings. The third-order valence-corrected chi connectivity index (χ3v) is 4.59. The molecule has 1 saturated heterocycles. The summed E-state index contributed by atoms with van der Waals surface area (Å²) in [6, 6.07) is 2.65. The van der Waals surface area contributed by atoms with Crippen LogP contribution in [0.15, 0.2) is 18.7 Å². The Labute approximate surface area is 129 Å². The van der Waals surface area contributed by atoms with Gasteiger partial charge in [-0.2, -0.15) is 0 Å². The molecule has 0 atom stereocenters. The average molecular weight is 317 g/mol. The minimum atomic E-state index is -0.711. The van der Waals surface area contributed by atoms with Crippen LogP contribution < -0.4 is 0 Å². The second-order valence-corrected chi connectivity index (χ2v) is 6.62. The van der Waals surface area contributed by atoms with Gasteiger partial charge in [-0.3, -0.25) is 0 Å². The summed E-state index contributed by atoms with van der Waals surface area (Å²) >= 11 is 12.1. The van der Waals surface area contributed by atoms with Gasteiger partial charge in [0.2, 0.25) is 0 Å². The Morgan fingerprint density at radius 1 is 1.15 bits per heavy atom. The van der Waals surface area contributed by atoms with Crippen LogP contribution in [0.3, 0.4) is 0 Å². The lowest BCUT2D eigenvalue weighted by Crippen LogP contribution is -2.41. The van der Waals surface area contributed by atoms with Gasteiger partial charge in [0.1, 0.15) is 5.82 Å². The van der Waals surface area contributed by atoms with Gasteiger partial charge in [-0.1, -0.05) is 29.8 Å². The second kappa shape index (κ2) is 5.02. The van der Waals surface area contributed by atoms with Gasteiger partial charge < -0.3 is 9.31 Å². The molecule has 0 unspecified atom stereocenters. The normalized spacial score (nSPS) is 20.2. The fourth-order valence-electron chi connectivity index (χ4n) is 1.92. The Hall–Kier alpha value is -0.545. The van der Waals surface area contributed by atoms with E-state index in [1.165, 1.54) is 12.1 Å². The van der Waals surface area contributed by atoms with Gasteiger partial charge in [0.25, 0.3) is 0 Å². The molecule has 2 rings (SSSR count). The third kappa shape index (κ3) is 2.50. The van der Waals surface area contributed by atoms with Gasteiger partial charge in [0, 0.05) is 10.6 Å². The van der Waals surface area contributed by atoms with E-state index < -0.39 is 24.1 Å². The maximum atomic E-state index is 13.6. The Morgan fingerprint density at radius 2 is 1.65 bits per heavy atom. The Balaban J connectivity index is 2.38. The number of hydrogen-bond acceptors (Lipinski definition) is 2. The highest BCUT2D eigenvalue weighted by Crippen LogP contribution is 2.42. The van der Waals surface area contributed by atoms with E-state index in [1.54, 1.807) is 0 Å². The van der Waals surface area contributed by atoms with Crippen LogP contribution in [0.2, 0.25) is 10.0 Å². The van der Waals surface area contributed by atoms with E-state index in [-0.39, 0.29) is 5.02 Å². The van der Waals surface area contributed by atoms with Gasteiger partial charge >= 0.3 is 7.12 Å². The quantitative estimate of drug-likeness (QED) is 0.577. The van der Waals surface area contributed by atoms with Gasteiger partial charge in [0.05, 0.1) is 16.2 Å². The lowest BCUT2D eigenvalue weighted by molar-refractivity contribution is 0.00578. The second-order valence-electron chi connectivity index (χ2n) is 5.83. The lowest BCUT2D eigenvalue weighted by atomic mass is 9.75. The fourth-order valence-corrected chi connectivity index (χ4v) is 2.54. The molecule has 6 heteroatoms. The monoisotopic (exact) mass is 316 g/mol. The van der Waals surface area contributed by atoms with Crippen LogP contribution in [-0.4, -0.2) is 18.3 Å². The van der Waals surface area contributed by atoms with Crippen LogP contribution in [0.1, 0.15) is 33.3 Å². The summed E-state index contributed by atoms with van der Waals surface area (Å²) in [6.07, 6.45) is 0. The first-order valence-corrected chi connectivity index (χ1v) is 7.01. The molecular weight excluding hydrogens is 301 g/mol. The smallest absolute Gasteiger partial charge is 0.399 e. The highest BCUT2D eigenvalue weighted by molar-refractivity contribution is 6.69. The molecule has 1 aromatic rings. The first-order chi connectivity index (χ1) is 9.07. The van der Waals surface area contributed by atoms with Crippen molar-refractivity contribution in [3.05, 3.63) is 40.1 Å². The molecule has 1 aromatic carbocycles. The zero-order valence-corrected chi connectivity index (χ0v) is 13.4. The molecule has 1 fully saturated rings. The van der Waals surface area contributed by atoms with Crippen LogP contribution >= 0.6 is 23.2 Å². The molecule has 0 radical (unpaired) electrons. The van der Waals surface area contributed by atoms with Gasteiger partial charge in [-0.05, 0) is 45.3 Å². The highest BCUT2D eigenvalue weighted by atomic mass is 35.5. The molecular formula is C14H16BCl2FO2. The largest absolute Gasteiger partial charge is 0.494 e. The van der Waals surface area contributed by atoms with E-state index in [2.05, 4.69) is 6.58 Å². The minimum Gasteiger partial charge on any atom is -0.399 e. The zero-order chi connectivity index (χ0) is 15.3. The summed E-state index contributed by atoms with van der Waals surface area (Å²) < 4.78 is 25.3. The van der Waals surface area contributed by atoms with Crippen molar-refractivity contribution in [1.82, 2.24) is 0 Å². The Kier molecular flexibility index (Phi) is 3.98. The SMILES string of the molecule is C=C(B1OC(C)(C)C(C)(C)O1)c1c(Cl)ccc(F)c1Cl. The summed E-state index contributed by atoms with van der Waals surface area (Å²) in [4.78, 5) is 0. The summed E-state index contributed by atoms with van der Waals surface area (Å²) in [5, 5.41) is 0.244. The Bertz CT molecular complexity index is 557. The summed E-state index contributed by atoms with van der Waals surface area (Å²) in [5.74, 6) is -0.552. The predicted octanol–water partition coefficient (Wildman–Crippen LogP) is 4.78. The third-order valence-electron chi connectivity index (χ3n) is 3.90. The van der Waals surface area contributed by atoms with Gasteiger partial charge in [-0.25, -0.2) is 4.39 Å².